The number of hydrogen-bond donors (Lipinski definition) is 3. The molecule has 0 fully saturated rings. The van der Waals surface area contributed by atoms with Crippen LogP contribution in [0.25, 0.3) is 21.5 Å². The van der Waals surface area contributed by atoms with Crippen LogP contribution in [0.1, 0.15) is 42.7 Å². The topological polar surface area (TPSA) is 101 Å². The minimum Gasteiger partial charge on any atom is -0.488 e. The Labute approximate surface area is 201 Å². The molecule has 0 bridgehead atoms. The number of aromatic nitrogens is 3. The number of benzene rings is 1. The summed E-state index contributed by atoms with van der Waals surface area (Å²) in [6.07, 6.45) is 3.41. The van der Waals surface area contributed by atoms with Gasteiger partial charge in [0.2, 0.25) is 0 Å². The van der Waals surface area contributed by atoms with Gasteiger partial charge in [0, 0.05) is 37.0 Å². The lowest BCUT2D eigenvalue weighted by molar-refractivity contribution is -0.0146. The van der Waals surface area contributed by atoms with Gasteiger partial charge in [-0.1, -0.05) is 13.0 Å². The van der Waals surface area contributed by atoms with E-state index in [2.05, 4.69) is 32.5 Å². The van der Waals surface area contributed by atoms with Crippen molar-refractivity contribution in [3.05, 3.63) is 53.4 Å². The Hall–Kier alpha value is -3.43. The zero-order valence-electron chi connectivity index (χ0n) is 19.6. The lowest BCUT2D eigenvalue weighted by Crippen LogP contribution is -2.33. The summed E-state index contributed by atoms with van der Waals surface area (Å²) in [5.74, 6) is 0.630. The molecule has 4 heterocycles. The Kier molecular flexibility index (Phi) is 5.75. The van der Waals surface area contributed by atoms with Crippen LogP contribution in [0, 0.1) is 0 Å². The van der Waals surface area contributed by atoms with Crippen LogP contribution in [0.2, 0.25) is 0 Å². The van der Waals surface area contributed by atoms with Crippen LogP contribution in [-0.4, -0.2) is 46.7 Å². The number of pyridine rings is 1. The van der Waals surface area contributed by atoms with Crippen LogP contribution >= 0.6 is 11.3 Å². The Balaban J connectivity index is 1.65. The number of H-pyrrole nitrogens is 1. The van der Waals surface area contributed by atoms with Gasteiger partial charge in [0.15, 0.2) is 0 Å². The van der Waals surface area contributed by atoms with Gasteiger partial charge in [0.1, 0.15) is 17.9 Å². The first-order chi connectivity index (χ1) is 16.4. The summed E-state index contributed by atoms with van der Waals surface area (Å²) in [4.78, 5) is 25.4. The van der Waals surface area contributed by atoms with E-state index in [1.165, 1.54) is 0 Å². The van der Waals surface area contributed by atoms with Crippen molar-refractivity contribution >= 4 is 38.8 Å². The smallest absolute Gasteiger partial charge is 0.255 e. The van der Waals surface area contributed by atoms with Crippen molar-refractivity contribution in [1.82, 2.24) is 20.3 Å². The number of thiazole rings is 1. The molecule has 1 aliphatic heterocycles. The number of methoxy groups -OCH3 is 1. The lowest BCUT2D eigenvalue weighted by atomic mass is 9.98. The third kappa shape index (κ3) is 4.01. The molecule has 8 nitrogen and oxygen atoms in total. The fourth-order valence-electron chi connectivity index (χ4n) is 4.02. The first-order valence-electron chi connectivity index (χ1n) is 11.1. The summed E-state index contributed by atoms with van der Waals surface area (Å²) in [6.45, 7) is 6.94. The molecule has 3 N–H and O–H groups in total. The highest BCUT2D eigenvalue weighted by Crippen LogP contribution is 2.43. The molecule has 4 aromatic rings. The minimum atomic E-state index is -0.460. The molecule has 1 amide bonds. The summed E-state index contributed by atoms with van der Waals surface area (Å²) < 4.78 is 12.7. The number of hydrogen-bond acceptors (Lipinski definition) is 7. The first-order valence-corrected chi connectivity index (χ1v) is 12.0. The van der Waals surface area contributed by atoms with Gasteiger partial charge in [0.05, 0.1) is 44.6 Å². The Morgan fingerprint density at radius 3 is 2.97 bits per heavy atom. The largest absolute Gasteiger partial charge is 0.488 e. The molecule has 5 rings (SSSR count). The summed E-state index contributed by atoms with van der Waals surface area (Å²) >= 11 is 1.58. The molecular weight excluding hydrogens is 450 g/mol. The summed E-state index contributed by atoms with van der Waals surface area (Å²) in [6, 6.07) is 7.88. The Morgan fingerprint density at radius 1 is 1.29 bits per heavy atom. The van der Waals surface area contributed by atoms with Crippen molar-refractivity contribution in [1.29, 1.82) is 0 Å². The molecular formula is C25H27N5O3S. The highest BCUT2D eigenvalue weighted by molar-refractivity contribution is 7.16. The number of carbonyl (C=O) groups is 1. The molecule has 0 radical (unpaired) electrons. The Morgan fingerprint density at radius 2 is 2.15 bits per heavy atom. The van der Waals surface area contributed by atoms with E-state index in [-0.39, 0.29) is 11.8 Å². The van der Waals surface area contributed by atoms with Crippen molar-refractivity contribution < 1.29 is 14.3 Å². The average molecular weight is 478 g/mol. The van der Waals surface area contributed by atoms with Gasteiger partial charge in [-0.15, -0.1) is 11.3 Å². The summed E-state index contributed by atoms with van der Waals surface area (Å²) in [5, 5.41) is 6.53. The van der Waals surface area contributed by atoms with Crippen molar-refractivity contribution in [3.8, 4) is 17.0 Å². The monoisotopic (exact) mass is 477 g/mol. The molecule has 1 atom stereocenters. The van der Waals surface area contributed by atoms with Gasteiger partial charge in [-0.25, -0.2) is 4.98 Å². The molecule has 0 saturated carbocycles. The van der Waals surface area contributed by atoms with E-state index >= 15 is 0 Å². The third-order valence-electron chi connectivity index (χ3n) is 6.12. The molecule has 1 aliphatic rings. The van der Waals surface area contributed by atoms with Crippen molar-refractivity contribution in [2.45, 2.75) is 32.3 Å². The third-order valence-corrected chi connectivity index (χ3v) is 6.91. The number of anilines is 2. The number of fused-ring (bicyclic) bond motifs is 2. The van der Waals surface area contributed by atoms with Gasteiger partial charge in [-0.05, 0) is 32.0 Å². The molecule has 34 heavy (non-hydrogen) atoms. The normalized spacial score (nSPS) is 15.8. The summed E-state index contributed by atoms with van der Waals surface area (Å²) in [7, 11) is 1.66. The second kappa shape index (κ2) is 8.73. The van der Waals surface area contributed by atoms with E-state index in [4.69, 9.17) is 9.47 Å². The minimum absolute atomic E-state index is 0.111. The molecule has 3 aromatic heterocycles. The number of nitrogens with one attached hydrogen (secondary N) is 3. The van der Waals surface area contributed by atoms with Crippen molar-refractivity contribution in [2.24, 2.45) is 0 Å². The lowest BCUT2D eigenvalue weighted by Gasteiger charge is -2.23. The maximum Gasteiger partial charge on any atom is 0.255 e. The maximum atomic E-state index is 13.0. The van der Waals surface area contributed by atoms with Crippen LogP contribution < -0.4 is 15.4 Å². The molecule has 0 spiro atoms. The van der Waals surface area contributed by atoms with Gasteiger partial charge < -0.3 is 25.1 Å². The molecule has 0 aliphatic carbocycles. The number of ether oxygens (including phenoxy) is 2. The SMILES string of the molecule is COC(C)(C)COc1cnccc1-c1[nH]c2c(c1Nc1cccc3scnc13)C(=O)NC[C@@H]2C. The number of para-hydroxylation sites is 1. The first kappa shape index (κ1) is 22.4. The van der Waals surface area contributed by atoms with Crippen LogP contribution in [-0.2, 0) is 4.74 Å². The highest BCUT2D eigenvalue weighted by atomic mass is 32.1. The van der Waals surface area contributed by atoms with Crippen LogP contribution in [0.15, 0.2) is 42.2 Å². The quantitative estimate of drug-likeness (QED) is 0.343. The number of carbonyl (C=O) groups excluding carboxylic acids is 1. The van der Waals surface area contributed by atoms with Crippen LogP contribution in [0.3, 0.4) is 0 Å². The predicted molar refractivity (Wildman–Crippen MR) is 134 cm³/mol. The molecule has 176 valence electrons. The zero-order chi connectivity index (χ0) is 23.9. The van der Waals surface area contributed by atoms with E-state index < -0.39 is 5.60 Å². The van der Waals surface area contributed by atoms with E-state index in [1.807, 2.05) is 43.6 Å². The molecule has 1 aromatic carbocycles. The summed E-state index contributed by atoms with van der Waals surface area (Å²) in [5.41, 5.74) is 6.85. The molecule has 0 saturated heterocycles. The average Bonchev–Trinajstić information content (AvgIpc) is 3.47. The number of rotatable bonds is 7. The second-order valence-electron chi connectivity index (χ2n) is 9.03. The number of aromatic amines is 1. The van der Waals surface area contributed by atoms with E-state index in [1.54, 1.807) is 30.8 Å². The fourth-order valence-corrected chi connectivity index (χ4v) is 4.73. The Bertz CT molecular complexity index is 1360. The fraction of sp³-hybridized carbons (Fsp3) is 0.320. The van der Waals surface area contributed by atoms with Crippen molar-refractivity contribution in [2.75, 3.05) is 25.6 Å². The van der Waals surface area contributed by atoms with Gasteiger partial charge in [0.25, 0.3) is 5.91 Å². The van der Waals surface area contributed by atoms with E-state index in [9.17, 15) is 4.79 Å². The molecule has 0 unspecified atom stereocenters. The standard InChI is InChI=1S/C25H27N5O3S/c1-14-10-27-24(31)19-20(14)30-21(15-8-9-26-11-17(15)33-12-25(2,3)32-4)23(19)29-16-6-5-7-18-22(16)28-13-34-18/h5-9,11,13-14,29-30H,10,12H2,1-4H3,(H,27,31)/t14-/m0/s1. The maximum absolute atomic E-state index is 13.0. The van der Waals surface area contributed by atoms with Crippen LogP contribution in [0.4, 0.5) is 11.4 Å². The van der Waals surface area contributed by atoms with E-state index in [0.717, 1.165) is 32.9 Å². The van der Waals surface area contributed by atoms with Gasteiger partial charge in [-0.3, -0.25) is 9.78 Å². The number of amides is 1. The second-order valence-corrected chi connectivity index (χ2v) is 9.92. The zero-order valence-corrected chi connectivity index (χ0v) is 20.4. The van der Waals surface area contributed by atoms with Gasteiger partial charge in [-0.2, -0.15) is 0 Å². The highest BCUT2D eigenvalue weighted by Gasteiger charge is 2.32. The molecule has 9 heteroatoms. The predicted octanol–water partition coefficient (Wildman–Crippen LogP) is 5.08. The number of nitrogens with zero attached hydrogens (tertiary/aromatic N) is 2. The van der Waals surface area contributed by atoms with Gasteiger partial charge >= 0.3 is 0 Å². The van der Waals surface area contributed by atoms with Crippen molar-refractivity contribution in [3.63, 3.8) is 0 Å². The van der Waals surface area contributed by atoms with E-state index in [0.29, 0.717) is 30.2 Å². The van der Waals surface area contributed by atoms with Crippen LogP contribution in [0.5, 0.6) is 5.75 Å².